The zero-order chi connectivity index (χ0) is 34.5. The molecule has 3 aromatic carbocycles. The molecule has 0 aromatic heterocycles. The highest BCUT2D eigenvalue weighted by Gasteiger charge is 2.30. The van der Waals surface area contributed by atoms with Gasteiger partial charge in [-0.3, -0.25) is 9.59 Å². The predicted molar refractivity (Wildman–Crippen MR) is 179 cm³/mol. The van der Waals surface area contributed by atoms with E-state index >= 15 is 0 Å². The van der Waals surface area contributed by atoms with Crippen LogP contribution in [0.4, 0.5) is 0 Å². The average Bonchev–Trinajstić information content (AvgIpc) is 3.03. The molecule has 252 valence electrons. The molecule has 0 unspecified atom stereocenters. The summed E-state index contributed by atoms with van der Waals surface area (Å²) < 4.78 is 34.5. The van der Waals surface area contributed by atoms with Gasteiger partial charge in [-0.25, -0.2) is 17.9 Å². The highest BCUT2D eigenvalue weighted by Crippen LogP contribution is 2.12. The van der Waals surface area contributed by atoms with Crippen LogP contribution in [0.1, 0.15) is 56.4 Å². The summed E-state index contributed by atoms with van der Waals surface area (Å²) in [5.74, 6) is -2.05. The standard InChI is InChI=1S/C34H43N5O7S/c1-24(40)46-38-31(35)28-18-15-26(16-19-28)21-36-32(41)29(20-17-25-11-7-5-8-12-25)37-33(42)30(22-45-34(2,3)4)39-47(43,44)23-27-13-9-6-10-14-27/h5-16,18-19,29-30,39H,17,20-23H2,1-4H3,(H2,35,38)(H,36,41)(H,37,42)/t29-,30+/m0/s1. The lowest BCUT2D eigenvalue weighted by Crippen LogP contribution is -2.55. The molecule has 0 spiro atoms. The van der Waals surface area contributed by atoms with Crippen molar-refractivity contribution in [1.29, 1.82) is 0 Å². The summed E-state index contributed by atoms with van der Waals surface area (Å²) in [6.07, 6.45) is 0.741. The first-order chi connectivity index (χ1) is 22.2. The van der Waals surface area contributed by atoms with Crippen molar-refractivity contribution in [3.05, 3.63) is 107 Å². The molecule has 13 heteroatoms. The van der Waals surface area contributed by atoms with Gasteiger partial charge in [-0.1, -0.05) is 90.1 Å². The fourth-order valence-electron chi connectivity index (χ4n) is 4.32. The van der Waals surface area contributed by atoms with Gasteiger partial charge in [-0.05, 0) is 50.3 Å². The van der Waals surface area contributed by atoms with E-state index in [2.05, 4.69) is 25.3 Å². The number of amidine groups is 1. The van der Waals surface area contributed by atoms with Crippen molar-refractivity contribution in [2.45, 2.75) is 70.5 Å². The lowest BCUT2D eigenvalue weighted by atomic mass is 10.0. The van der Waals surface area contributed by atoms with Crippen LogP contribution >= 0.6 is 0 Å². The van der Waals surface area contributed by atoms with Crippen molar-refractivity contribution in [3.8, 4) is 0 Å². The van der Waals surface area contributed by atoms with Crippen molar-refractivity contribution in [1.82, 2.24) is 15.4 Å². The largest absolute Gasteiger partial charge is 0.380 e. The molecule has 12 nitrogen and oxygen atoms in total. The Morgan fingerprint density at radius 2 is 1.43 bits per heavy atom. The normalized spacial score (nSPS) is 13.3. The van der Waals surface area contributed by atoms with E-state index in [4.69, 9.17) is 10.5 Å². The smallest absolute Gasteiger partial charge is 0.332 e. The number of benzene rings is 3. The Labute approximate surface area is 276 Å². The van der Waals surface area contributed by atoms with Gasteiger partial charge in [0.1, 0.15) is 12.1 Å². The second kappa shape index (κ2) is 17.4. The number of aryl methyl sites for hydroxylation is 1. The molecule has 2 amide bonds. The van der Waals surface area contributed by atoms with E-state index < -0.39 is 45.5 Å². The number of carbonyl (C=O) groups excluding carboxylic acids is 3. The number of hydrogen-bond acceptors (Lipinski definition) is 8. The van der Waals surface area contributed by atoms with Gasteiger partial charge in [0, 0.05) is 19.0 Å². The van der Waals surface area contributed by atoms with Gasteiger partial charge in [0.25, 0.3) is 0 Å². The van der Waals surface area contributed by atoms with Crippen LogP contribution in [0, 0.1) is 0 Å². The number of amides is 2. The van der Waals surface area contributed by atoms with Crippen molar-refractivity contribution < 1.29 is 32.4 Å². The maximum atomic E-state index is 13.6. The molecule has 47 heavy (non-hydrogen) atoms. The fourth-order valence-corrected chi connectivity index (χ4v) is 5.64. The second-order valence-corrected chi connectivity index (χ2v) is 13.7. The lowest BCUT2D eigenvalue weighted by molar-refractivity contribution is -0.141. The summed E-state index contributed by atoms with van der Waals surface area (Å²) in [7, 11) is -3.96. The number of oxime groups is 1. The minimum Gasteiger partial charge on any atom is -0.380 e. The molecule has 3 aromatic rings. The van der Waals surface area contributed by atoms with Gasteiger partial charge in [0.2, 0.25) is 21.8 Å². The van der Waals surface area contributed by atoms with Gasteiger partial charge < -0.3 is 25.9 Å². The number of sulfonamides is 1. The van der Waals surface area contributed by atoms with Gasteiger partial charge in [0.05, 0.1) is 18.0 Å². The molecule has 3 rings (SSSR count). The van der Waals surface area contributed by atoms with Crippen LogP contribution in [0.5, 0.6) is 0 Å². The zero-order valence-electron chi connectivity index (χ0n) is 27.1. The van der Waals surface area contributed by atoms with Crippen LogP contribution < -0.4 is 21.1 Å². The monoisotopic (exact) mass is 665 g/mol. The van der Waals surface area contributed by atoms with Crippen molar-refractivity contribution in [2.75, 3.05) is 6.61 Å². The molecule has 0 fully saturated rings. The van der Waals surface area contributed by atoms with Gasteiger partial charge in [-0.15, -0.1) is 0 Å². The summed E-state index contributed by atoms with van der Waals surface area (Å²) in [6, 6.07) is 22.6. The molecule has 0 radical (unpaired) electrons. The lowest BCUT2D eigenvalue weighted by Gasteiger charge is -2.26. The number of carbonyl (C=O) groups is 3. The van der Waals surface area contributed by atoms with Crippen LogP contribution in [-0.4, -0.2) is 56.3 Å². The number of nitrogens with two attached hydrogens (primary N) is 1. The first kappa shape index (κ1) is 36.9. The third-order valence-electron chi connectivity index (χ3n) is 6.71. The summed E-state index contributed by atoms with van der Waals surface area (Å²) in [5, 5.41) is 9.17. The SMILES string of the molecule is CC(=O)O/N=C(\N)c1ccc(CNC(=O)[C@H](CCc2ccccc2)NC(=O)[C@@H](COC(C)(C)C)NS(=O)(=O)Cc2ccccc2)cc1. The third-order valence-corrected chi connectivity index (χ3v) is 8.06. The van der Waals surface area contributed by atoms with Gasteiger partial charge in [-0.2, -0.15) is 0 Å². The zero-order valence-corrected chi connectivity index (χ0v) is 27.9. The molecule has 5 N–H and O–H groups in total. The van der Waals surface area contributed by atoms with E-state index in [1.54, 1.807) is 75.4 Å². The van der Waals surface area contributed by atoms with Crippen LogP contribution in [0.25, 0.3) is 0 Å². The minimum atomic E-state index is -3.96. The van der Waals surface area contributed by atoms with Crippen LogP contribution in [0.15, 0.2) is 90.1 Å². The van der Waals surface area contributed by atoms with Crippen LogP contribution in [-0.2, 0) is 52.7 Å². The maximum absolute atomic E-state index is 13.6. The van der Waals surface area contributed by atoms with E-state index in [1.165, 1.54) is 6.92 Å². The molecular formula is C34H43N5O7S. The van der Waals surface area contributed by atoms with Crippen LogP contribution in [0.3, 0.4) is 0 Å². The summed E-state index contributed by atoms with van der Waals surface area (Å²) in [6.45, 7) is 6.49. The molecule has 0 saturated carbocycles. The Kier molecular flexibility index (Phi) is 13.6. The van der Waals surface area contributed by atoms with E-state index in [1.807, 2.05) is 30.3 Å². The maximum Gasteiger partial charge on any atom is 0.332 e. The predicted octanol–water partition coefficient (Wildman–Crippen LogP) is 2.91. The third kappa shape index (κ3) is 13.7. The van der Waals surface area contributed by atoms with Gasteiger partial charge >= 0.3 is 5.97 Å². The molecule has 0 aliphatic carbocycles. The number of hydrogen-bond donors (Lipinski definition) is 4. The second-order valence-electron chi connectivity index (χ2n) is 11.9. The van der Waals surface area contributed by atoms with Crippen molar-refractivity contribution in [3.63, 3.8) is 0 Å². The molecule has 2 atom stereocenters. The summed E-state index contributed by atoms with van der Waals surface area (Å²) >= 11 is 0. The van der Waals surface area contributed by atoms with E-state index in [9.17, 15) is 22.8 Å². The van der Waals surface area contributed by atoms with Crippen molar-refractivity contribution in [2.24, 2.45) is 10.9 Å². The Balaban J connectivity index is 1.75. The topological polar surface area (TPSA) is 178 Å². The Hall–Kier alpha value is -4.59. The molecule has 0 aliphatic rings. The number of rotatable bonds is 16. The number of nitrogens with one attached hydrogen (secondary N) is 3. The number of ether oxygens (including phenoxy) is 1. The molecule has 0 bridgehead atoms. The first-order valence-electron chi connectivity index (χ1n) is 15.1. The minimum absolute atomic E-state index is 0.0175. The van der Waals surface area contributed by atoms with Gasteiger partial charge in [0.15, 0.2) is 5.84 Å². The fraction of sp³-hybridized carbons (Fsp3) is 0.353. The Morgan fingerprint density at radius 1 is 0.830 bits per heavy atom. The molecule has 0 aliphatic heterocycles. The summed E-state index contributed by atoms with van der Waals surface area (Å²) in [5.41, 5.74) is 7.98. The number of nitrogens with zero attached hydrogens (tertiary/aromatic N) is 1. The quantitative estimate of drug-likeness (QED) is 0.0781. The molecule has 0 heterocycles. The van der Waals surface area contributed by atoms with E-state index in [0.29, 0.717) is 17.5 Å². The highest BCUT2D eigenvalue weighted by atomic mass is 32.2. The molecular weight excluding hydrogens is 622 g/mol. The average molecular weight is 666 g/mol. The Bertz CT molecular complexity index is 1610. The highest BCUT2D eigenvalue weighted by molar-refractivity contribution is 7.88. The van der Waals surface area contributed by atoms with E-state index in [-0.39, 0.29) is 31.2 Å². The first-order valence-corrected chi connectivity index (χ1v) is 16.8. The Morgan fingerprint density at radius 3 is 2.00 bits per heavy atom. The van der Waals surface area contributed by atoms with E-state index in [0.717, 1.165) is 11.1 Å². The van der Waals surface area contributed by atoms with Crippen molar-refractivity contribution >= 4 is 33.6 Å². The van der Waals surface area contributed by atoms with Crippen LogP contribution in [0.2, 0.25) is 0 Å². The summed E-state index contributed by atoms with van der Waals surface area (Å²) in [4.78, 5) is 42.7. The molecule has 0 saturated heterocycles.